The summed E-state index contributed by atoms with van der Waals surface area (Å²) in [5, 5.41) is 0.565. The molecule has 1 aromatic carbocycles. The molecule has 0 atom stereocenters. The summed E-state index contributed by atoms with van der Waals surface area (Å²) in [6.07, 6.45) is 6.71. The molecule has 1 aliphatic carbocycles. The highest BCUT2D eigenvalue weighted by Crippen LogP contribution is 2.26. The van der Waals surface area contributed by atoms with E-state index in [9.17, 15) is 4.79 Å². The summed E-state index contributed by atoms with van der Waals surface area (Å²) in [5.74, 6) is 0.613. The van der Waals surface area contributed by atoms with E-state index in [1.54, 1.807) is 25.3 Å². The van der Waals surface area contributed by atoms with Gasteiger partial charge in [-0.3, -0.25) is 9.69 Å². The first-order valence-corrected chi connectivity index (χ1v) is 8.93. The molecule has 0 bridgehead atoms. The summed E-state index contributed by atoms with van der Waals surface area (Å²) in [5.41, 5.74) is 0.561. The van der Waals surface area contributed by atoms with Crippen molar-refractivity contribution in [2.24, 2.45) is 0 Å². The van der Waals surface area contributed by atoms with Crippen LogP contribution in [0.2, 0.25) is 5.02 Å². The fourth-order valence-electron chi connectivity index (χ4n) is 3.75. The van der Waals surface area contributed by atoms with Gasteiger partial charge < -0.3 is 9.64 Å². The third-order valence-corrected chi connectivity index (χ3v) is 5.32. The maximum atomic E-state index is 12.8. The Hall–Kier alpha value is -1.26. The summed E-state index contributed by atoms with van der Waals surface area (Å²) < 4.78 is 5.31. The Morgan fingerprint density at radius 3 is 2.48 bits per heavy atom. The zero-order valence-electron chi connectivity index (χ0n) is 13.8. The smallest absolute Gasteiger partial charge is 0.257 e. The fraction of sp³-hybridized carbons (Fsp3) is 0.611. The van der Waals surface area contributed by atoms with E-state index in [4.69, 9.17) is 16.3 Å². The van der Waals surface area contributed by atoms with Crippen LogP contribution < -0.4 is 4.74 Å². The lowest BCUT2D eigenvalue weighted by Gasteiger charge is -2.40. The highest BCUT2D eigenvalue weighted by Gasteiger charge is 2.28. The van der Waals surface area contributed by atoms with Gasteiger partial charge in [0.25, 0.3) is 5.91 Å². The van der Waals surface area contributed by atoms with E-state index in [-0.39, 0.29) is 5.91 Å². The molecule has 1 amide bonds. The maximum Gasteiger partial charge on any atom is 0.257 e. The van der Waals surface area contributed by atoms with Crippen LogP contribution in [-0.2, 0) is 0 Å². The molecule has 0 N–H and O–H groups in total. The normalized spacial score (nSPS) is 20.5. The number of nitrogens with zero attached hydrogens (tertiary/aromatic N) is 2. The highest BCUT2D eigenvalue weighted by atomic mass is 35.5. The topological polar surface area (TPSA) is 32.8 Å². The first kappa shape index (κ1) is 16.6. The second kappa shape index (κ2) is 7.54. The van der Waals surface area contributed by atoms with Crippen molar-refractivity contribution in [3.8, 4) is 5.75 Å². The predicted molar refractivity (Wildman–Crippen MR) is 92.4 cm³/mol. The van der Waals surface area contributed by atoms with E-state index >= 15 is 0 Å². The van der Waals surface area contributed by atoms with Gasteiger partial charge in [-0.2, -0.15) is 0 Å². The average Bonchev–Trinajstić information content (AvgIpc) is 2.62. The van der Waals surface area contributed by atoms with Crippen molar-refractivity contribution < 1.29 is 9.53 Å². The lowest BCUT2D eigenvalue weighted by atomic mass is 9.94. The Balaban J connectivity index is 1.63. The van der Waals surface area contributed by atoms with Gasteiger partial charge >= 0.3 is 0 Å². The van der Waals surface area contributed by atoms with Gasteiger partial charge in [-0.25, -0.2) is 0 Å². The number of carbonyl (C=O) groups is 1. The minimum absolute atomic E-state index is 0.0210. The number of ether oxygens (including phenoxy) is 1. The largest absolute Gasteiger partial charge is 0.496 e. The number of piperazine rings is 1. The van der Waals surface area contributed by atoms with Crippen molar-refractivity contribution in [2.75, 3.05) is 33.3 Å². The van der Waals surface area contributed by atoms with Gasteiger partial charge in [-0.05, 0) is 31.0 Å². The molecule has 1 aliphatic heterocycles. The van der Waals surface area contributed by atoms with Gasteiger partial charge in [0, 0.05) is 37.2 Å². The van der Waals surface area contributed by atoms with Crippen LogP contribution in [0.4, 0.5) is 0 Å². The van der Waals surface area contributed by atoms with E-state index in [0.29, 0.717) is 16.3 Å². The highest BCUT2D eigenvalue weighted by molar-refractivity contribution is 6.31. The first-order valence-electron chi connectivity index (χ1n) is 8.56. The Bertz CT molecular complexity index is 550. The predicted octanol–water partition coefficient (Wildman–Crippen LogP) is 3.44. The molecule has 1 saturated carbocycles. The van der Waals surface area contributed by atoms with Gasteiger partial charge in [0.05, 0.1) is 12.7 Å². The third kappa shape index (κ3) is 3.81. The minimum atomic E-state index is 0.0210. The summed E-state index contributed by atoms with van der Waals surface area (Å²) in [4.78, 5) is 17.3. The molecular formula is C18H25ClN2O2. The number of hydrogen-bond donors (Lipinski definition) is 0. The number of benzene rings is 1. The maximum absolute atomic E-state index is 12.8. The molecular weight excluding hydrogens is 312 g/mol. The van der Waals surface area contributed by atoms with Crippen molar-refractivity contribution in [3.63, 3.8) is 0 Å². The van der Waals surface area contributed by atoms with Gasteiger partial charge in [0.15, 0.2) is 0 Å². The SMILES string of the molecule is COc1ccc(Cl)cc1C(=O)N1CCN(C2CCCCC2)CC1. The molecule has 0 unspecified atom stereocenters. The molecule has 0 spiro atoms. The number of hydrogen-bond acceptors (Lipinski definition) is 3. The lowest BCUT2D eigenvalue weighted by Crippen LogP contribution is -2.52. The van der Waals surface area contributed by atoms with Crippen LogP contribution in [0.3, 0.4) is 0 Å². The molecule has 1 aromatic rings. The third-order valence-electron chi connectivity index (χ3n) is 5.08. The minimum Gasteiger partial charge on any atom is -0.496 e. The molecule has 1 saturated heterocycles. The first-order chi connectivity index (χ1) is 11.2. The van der Waals surface area contributed by atoms with E-state index in [2.05, 4.69) is 4.90 Å². The molecule has 0 radical (unpaired) electrons. The van der Waals surface area contributed by atoms with Crippen LogP contribution in [0, 0.1) is 0 Å². The van der Waals surface area contributed by atoms with Crippen LogP contribution in [0.5, 0.6) is 5.75 Å². The van der Waals surface area contributed by atoms with Crippen LogP contribution in [-0.4, -0.2) is 55.0 Å². The monoisotopic (exact) mass is 336 g/mol. The summed E-state index contributed by atoms with van der Waals surface area (Å²) >= 11 is 6.05. The van der Waals surface area contributed by atoms with Crippen LogP contribution in [0.15, 0.2) is 18.2 Å². The van der Waals surface area contributed by atoms with E-state index in [1.165, 1.54) is 32.1 Å². The Morgan fingerprint density at radius 1 is 1.13 bits per heavy atom. The van der Waals surface area contributed by atoms with Crippen molar-refractivity contribution in [3.05, 3.63) is 28.8 Å². The lowest BCUT2D eigenvalue weighted by molar-refractivity contribution is 0.0520. The molecule has 4 nitrogen and oxygen atoms in total. The van der Waals surface area contributed by atoms with Crippen molar-refractivity contribution in [2.45, 2.75) is 38.1 Å². The van der Waals surface area contributed by atoms with Crippen LogP contribution in [0.1, 0.15) is 42.5 Å². The van der Waals surface area contributed by atoms with Gasteiger partial charge in [0.2, 0.25) is 0 Å². The molecule has 0 aromatic heterocycles. The zero-order chi connectivity index (χ0) is 16.2. The number of carbonyl (C=O) groups excluding carboxylic acids is 1. The number of methoxy groups -OCH3 is 1. The van der Waals surface area contributed by atoms with Crippen molar-refractivity contribution in [1.29, 1.82) is 0 Å². The molecule has 1 heterocycles. The summed E-state index contributed by atoms with van der Waals surface area (Å²) in [7, 11) is 1.58. The molecule has 5 heteroatoms. The standard InChI is InChI=1S/C18H25ClN2O2/c1-23-17-8-7-14(19)13-16(17)18(22)21-11-9-20(10-12-21)15-5-3-2-4-6-15/h7-8,13,15H,2-6,9-12H2,1H3. The average molecular weight is 337 g/mol. The second-order valence-electron chi connectivity index (χ2n) is 6.46. The van der Waals surface area contributed by atoms with Crippen LogP contribution >= 0.6 is 11.6 Å². The van der Waals surface area contributed by atoms with E-state index in [1.807, 2.05) is 4.90 Å². The number of amides is 1. The van der Waals surface area contributed by atoms with Crippen molar-refractivity contribution in [1.82, 2.24) is 9.80 Å². The molecule has 3 rings (SSSR count). The Labute approximate surface area is 143 Å². The summed E-state index contributed by atoms with van der Waals surface area (Å²) in [6.45, 7) is 3.51. The Morgan fingerprint density at radius 2 is 1.83 bits per heavy atom. The van der Waals surface area contributed by atoms with Gasteiger partial charge in [-0.15, -0.1) is 0 Å². The number of rotatable bonds is 3. The van der Waals surface area contributed by atoms with E-state index < -0.39 is 0 Å². The fourth-order valence-corrected chi connectivity index (χ4v) is 3.93. The Kier molecular flexibility index (Phi) is 5.44. The van der Waals surface area contributed by atoms with Crippen molar-refractivity contribution >= 4 is 17.5 Å². The summed E-state index contributed by atoms with van der Waals surface area (Å²) in [6, 6.07) is 5.93. The molecule has 2 aliphatic rings. The second-order valence-corrected chi connectivity index (χ2v) is 6.90. The molecule has 2 fully saturated rings. The number of halogens is 1. The molecule has 23 heavy (non-hydrogen) atoms. The van der Waals surface area contributed by atoms with Gasteiger partial charge in [0.1, 0.15) is 5.75 Å². The van der Waals surface area contributed by atoms with Crippen LogP contribution in [0.25, 0.3) is 0 Å². The quantitative estimate of drug-likeness (QED) is 0.847. The molecule has 126 valence electrons. The zero-order valence-corrected chi connectivity index (χ0v) is 14.5. The van der Waals surface area contributed by atoms with E-state index in [0.717, 1.165) is 32.2 Å². The van der Waals surface area contributed by atoms with Gasteiger partial charge in [-0.1, -0.05) is 30.9 Å².